The summed E-state index contributed by atoms with van der Waals surface area (Å²) in [4.78, 5) is 28.5. The van der Waals surface area contributed by atoms with Crippen molar-refractivity contribution in [3.05, 3.63) is 41.2 Å². The number of nitrogens with zero attached hydrogens (tertiary/aromatic N) is 4. The lowest BCUT2D eigenvalue weighted by atomic mass is 10.2. The molecule has 0 radical (unpaired) electrons. The zero-order chi connectivity index (χ0) is 23.5. The molecule has 0 unspecified atom stereocenters. The van der Waals surface area contributed by atoms with Gasteiger partial charge in [-0.25, -0.2) is 4.63 Å². The molecule has 9 nitrogen and oxygen atoms in total. The summed E-state index contributed by atoms with van der Waals surface area (Å²) in [7, 11) is 0. The predicted molar refractivity (Wildman–Crippen MR) is 103 cm³/mol. The first-order chi connectivity index (χ1) is 15.0. The number of hydrogen-bond donors (Lipinski definition) is 0. The summed E-state index contributed by atoms with van der Waals surface area (Å²) >= 11 is 0. The van der Waals surface area contributed by atoms with Gasteiger partial charge in [0.2, 0.25) is 5.91 Å². The minimum atomic E-state index is -4.76. The van der Waals surface area contributed by atoms with Crippen LogP contribution in [0.5, 0.6) is 5.75 Å². The number of ether oxygens (including phenoxy) is 2. The van der Waals surface area contributed by atoms with Crippen LogP contribution < -0.4 is 4.74 Å². The molecule has 1 aromatic heterocycles. The third-order valence-corrected chi connectivity index (χ3v) is 4.88. The Balaban J connectivity index is 1.71. The van der Waals surface area contributed by atoms with E-state index in [-0.39, 0.29) is 49.6 Å². The standard InChI is InChI=1S/C20H23F3N4O5/c1-12(2)27-9-16(30-11-14-4-6-15(7-5-14)31-20(21,22)23)8-26(10-17(27)28)19(29)18-13(3)24-32-25-18/h4-7,12,16H,8-11H2,1-3H3/t16-/m1/s1. The molecule has 1 aromatic carbocycles. The van der Waals surface area contributed by atoms with E-state index in [0.29, 0.717) is 11.3 Å². The lowest BCUT2D eigenvalue weighted by Crippen LogP contribution is -2.42. The van der Waals surface area contributed by atoms with Crippen LogP contribution in [0.1, 0.15) is 35.6 Å². The molecule has 1 aliphatic heterocycles. The third-order valence-electron chi connectivity index (χ3n) is 4.88. The average molecular weight is 456 g/mol. The molecule has 1 saturated heterocycles. The van der Waals surface area contributed by atoms with E-state index < -0.39 is 18.4 Å². The Bertz CT molecular complexity index is 945. The number of hydrogen-bond acceptors (Lipinski definition) is 7. The van der Waals surface area contributed by atoms with Crippen LogP contribution in [0.4, 0.5) is 13.2 Å². The highest BCUT2D eigenvalue weighted by Crippen LogP contribution is 2.23. The lowest BCUT2D eigenvalue weighted by molar-refractivity contribution is -0.274. The van der Waals surface area contributed by atoms with Gasteiger partial charge in [0.25, 0.3) is 5.91 Å². The summed E-state index contributed by atoms with van der Waals surface area (Å²) in [5.74, 6) is -1.06. The monoisotopic (exact) mass is 456 g/mol. The summed E-state index contributed by atoms with van der Waals surface area (Å²) in [6.45, 7) is 5.59. The Morgan fingerprint density at radius 3 is 2.47 bits per heavy atom. The number of amides is 2. The molecule has 174 valence electrons. The number of carbonyl (C=O) groups excluding carboxylic acids is 2. The third kappa shape index (κ3) is 5.96. The largest absolute Gasteiger partial charge is 0.573 e. The lowest BCUT2D eigenvalue weighted by Gasteiger charge is -2.27. The maximum Gasteiger partial charge on any atom is 0.573 e. The zero-order valence-corrected chi connectivity index (χ0v) is 17.8. The van der Waals surface area contributed by atoms with Crippen LogP contribution in [0.3, 0.4) is 0 Å². The Hall–Kier alpha value is -3.15. The molecule has 0 aliphatic carbocycles. The molecule has 2 aromatic rings. The molecular formula is C20H23F3N4O5. The van der Waals surface area contributed by atoms with E-state index in [9.17, 15) is 22.8 Å². The van der Waals surface area contributed by atoms with Crippen LogP contribution in [0.2, 0.25) is 0 Å². The van der Waals surface area contributed by atoms with Gasteiger partial charge in [-0.2, -0.15) is 0 Å². The van der Waals surface area contributed by atoms with Gasteiger partial charge in [0.1, 0.15) is 18.0 Å². The Labute approximate surface area is 182 Å². The number of halogens is 3. The van der Waals surface area contributed by atoms with Crippen molar-refractivity contribution in [1.29, 1.82) is 0 Å². The molecule has 32 heavy (non-hydrogen) atoms. The van der Waals surface area contributed by atoms with Gasteiger partial charge in [-0.15, -0.1) is 13.2 Å². The van der Waals surface area contributed by atoms with Crippen molar-refractivity contribution in [2.45, 2.75) is 45.9 Å². The van der Waals surface area contributed by atoms with Gasteiger partial charge in [-0.3, -0.25) is 9.59 Å². The molecule has 3 rings (SSSR count). The molecule has 0 N–H and O–H groups in total. The topological polar surface area (TPSA) is 98.0 Å². The summed E-state index contributed by atoms with van der Waals surface area (Å²) in [6, 6.07) is 5.18. The normalized spacial score (nSPS) is 17.6. The summed E-state index contributed by atoms with van der Waals surface area (Å²) in [5.41, 5.74) is 0.946. The number of aryl methyl sites for hydroxylation is 1. The van der Waals surface area contributed by atoms with Gasteiger partial charge < -0.3 is 19.3 Å². The minimum Gasteiger partial charge on any atom is -0.406 e. The van der Waals surface area contributed by atoms with Crippen molar-refractivity contribution in [3.63, 3.8) is 0 Å². The number of rotatable bonds is 6. The van der Waals surface area contributed by atoms with Gasteiger partial charge in [0.15, 0.2) is 5.69 Å². The average Bonchev–Trinajstić information content (AvgIpc) is 3.05. The number of carbonyl (C=O) groups is 2. The van der Waals surface area contributed by atoms with Crippen molar-refractivity contribution >= 4 is 11.8 Å². The van der Waals surface area contributed by atoms with Crippen LogP contribution in [0, 0.1) is 6.92 Å². The first-order valence-electron chi connectivity index (χ1n) is 9.87. The second-order valence-electron chi connectivity index (χ2n) is 7.65. The molecule has 1 atom stereocenters. The highest BCUT2D eigenvalue weighted by atomic mass is 19.4. The molecule has 2 heterocycles. The van der Waals surface area contributed by atoms with Gasteiger partial charge in [-0.05, 0) is 43.6 Å². The highest BCUT2D eigenvalue weighted by molar-refractivity contribution is 5.95. The van der Waals surface area contributed by atoms with Crippen molar-refractivity contribution in [1.82, 2.24) is 20.1 Å². The first-order valence-corrected chi connectivity index (χ1v) is 9.87. The predicted octanol–water partition coefficient (Wildman–Crippen LogP) is 2.55. The smallest absolute Gasteiger partial charge is 0.406 e. The molecule has 0 bridgehead atoms. The molecule has 0 saturated carbocycles. The van der Waals surface area contributed by atoms with Gasteiger partial charge in [0, 0.05) is 19.1 Å². The summed E-state index contributed by atoms with van der Waals surface area (Å²) in [5, 5.41) is 7.22. The minimum absolute atomic E-state index is 0.0230. The SMILES string of the molecule is Cc1nonc1C(=O)N1CC(=O)N(C(C)C)C[C@H](OCc2ccc(OC(F)(F)F)cc2)C1. The van der Waals surface area contributed by atoms with Crippen molar-refractivity contribution in [2.24, 2.45) is 0 Å². The number of alkyl halides is 3. The summed E-state index contributed by atoms with van der Waals surface area (Å²) < 4.78 is 51.3. The Morgan fingerprint density at radius 1 is 1.22 bits per heavy atom. The van der Waals surface area contributed by atoms with Gasteiger partial charge in [-0.1, -0.05) is 17.3 Å². The van der Waals surface area contributed by atoms with Crippen molar-refractivity contribution in [2.75, 3.05) is 19.6 Å². The number of benzene rings is 1. The van der Waals surface area contributed by atoms with Crippen LogP contribution in [-0.2, 0) is 16.1 Å². The summed E-state index contributed by atoms with van der Waals surface area (Å²) in [6.07, 6.45) is -5.29. The fraction of sp³-hybridized carbons (Fsp3) is 0.500. The van der Waals surface area contributed by atoms with Crippen LogP contribution in [0.15, 0.2) is 28.9 Å². The van der Waals surface area contributed by atoms with E-state index in [1.807, 2.05) is 13.8 Å². The van der Waals surface area contributed by atoms with Crippen molar-refractivity contribution < 1.29 is 36.9 Å². The zero-order valence-electron chi connectivity index (χ0n) is 17.8. The highest BCUT2D eigenvalue weighted by Gasteiger charge is 2.34. The molecule has 1 fully saturated rings. The van der Waals surface area contributed by atoms with E-state index in [4.69, 9.17) is 4.74 Å². The second-order valence-corrected chi connectivity index (χ2v) is 7.65. The van der Waals surface area contributed by atoms with Crippen LogP contribution >= 0.6 is 0 Å². The quantitative estimate of drug-likeness (QED) is 0.659. The van der Waals surface area contributed by atoms with E-state index in [2.05, 4.69) is 19.7 Å². The molecular weight excluding hydrogens is 433 g/mol. The first kappa shape index (κ1) is 23.5. The maximum absolute atomic E-state index is 12.9. The second kappa shape index (κ2) is 9.55. The molecule has 12 heteroatoms. The van der Waals surface area contributed by atoms with Gasteiger partial charge in [0.05, 0.1) is 12.7 Å². The Kier molecular flexibility index (Phi) is 7.02. The molecule has 0 spiro atoms. The van der Waals surface area contributed by atoms with Crippen LogP contribution in [-0.4, -0.2) is 70.1 Å². The van der Waals surface area contributed by atoms with E-state index in [1.54, 1.807) is 11.8 Å². The van der Waals surface area contributed by atoms with Crippen molar-refractivity contribution in [3.8, 4) is 5.75 Å². The van der Waals surface area contributed by atoms with Gasteiger partial charge >= 0.3 is 6.36 Å². The van der Waals surface area contributed by atoms with Crippen LogP contribution in [0.25, 0.3) is 0 Å². The molecule has 2 amide bonds. The Morgan fingerprint density at radius 2 is 1.91 bits per heavy atom. The fourth-order valence-electron chi connectivity index (χ4n) is 3.28. The molecule has 1 aliphatic rings. The van der Waals surface area contributed by atoms with E-state index in [0.717, 1.165) is 0 Å². The maximum atomic E-state index is 12.9. The van der Waals surface area contributed by atoms with E-state index in [1.165, 1.54) is 29.2 Å². The number of aromatic nitrogens is 2. The fourth-order valence-corrected chi connectivity index (χ4v) is 3.28. The van der Waals surface area contributed by atoms with E-state index >= 15 is 0 Å².